The molecule has 0 N–H and O–H groups in total. The lowest BCUT2D eigenvalue weighted by molar-refractivity contribution is 0.174. The smallest absolute Gasteiger partial charge is 0.243 e. The largest absolute Gasteiger partial charge is 0.338 e. The zero-order valence-electron chi connectivity index (χ0n) is 15.1. The van der Waals surface area contributed by atoms with Crippen molar-refractivity contribution in [2.24, 2.45) is 7.05 Å². The van der Waals surface area contributed by atoms with Crippen LogP contribution in [0.15, 0.2) is 16.9 Å². The molecule has 0 spiro atoms. The van der Waals surface area contributed by atoms with Gasteiger partial charge in [0.25, 0.3) is 0 Å². The van der Waals surface area contributed by atoms with Gasteiger partial charge in [-0.2, -0.15) is 10.1 Å². The molecule has 1 aliphatic rings. The molecule has 3 heterocycles. The van der Waals surface area contributed by atoms with E-state index in [2.05, 4.69) is 52.0 Å². The van der Waals surface area contributed by atoms with Gasteiger partial charge in [0.15, 0.2) is 5.82 Å². The molecule has 0 amide bonds. The summed E-state index contributed by atoms with van der Waals surface area (Å²) >= 11 is 0. The van der Waals surface area contributed by atoms with Gasteiger partial charge >= 0.3 is 0 Å². The third kappa shape index (κ3) is 4.02. The van der Waals surface area contributed by atoms with E-state index < -0.39 is 0 Å². The van der Waals surface area contributed by atoms with Crippen LogP contribution in [0, 0.1) is 0 Å². The Morgan fingerprint density at radius 1 is 1.17 bits per heavy atom. The third-order valence-electron chi connectivity index (χ3n) is 4.67. The molecule has 1 aliphatic heterocycles. The number of nitrogens with zero attached hydrogens (tertiary/aromatic N) is 6. The van der Waals surface area contributed by atoms with Crippen LogP contribution < -0.4 is 0 Å². The van der Waals surface area contributed by atoms with Crippen molar-refractivity contribution in [2.45, 2.75) is 45.7 Å². The van der Waals surface area contributed by atoms with Crippen LogP contribution in [0.1, 0.15) is 56.4 Å². The van der Waals surface area contributed by atoms with Gasteiger partial charge in [-0.25, -0.2) is 0 Å². The summed E-state index contributed by atoms with van der Waals surface area (Å²) in [6.45, 7) is 11.5. The number of aryl methyl sites for hydroxylation is 1. The van der Waals surface area contributed by atoms with Crippen LogP contribution in [-0.4, -0.2) is 55.9 Å². The molecule has 2 aromatic rings. The fraction of sp³-hybridized carbons (Fsp3) is 0.706. The van der Waals surface area contributed by atoms with Gasteiger partial charge in [0, 0.05) is 50.9 Å². The van der Waals surface area contributed by atoms with Crippen LogP contribution in [0.25, 0.3) is 0 Å². The van der Waals surface area contributed by atoms with Gasteiger partial charge in [-0.1, -0.05) is 19.0 Å². The Kier molecular flexibility index (Phi) is 5.30. The topological polar surface area (TPSA) is 63.2 Å². The van der Waals surface area contributed by atoms with Crippen LogP contribution in [0.4, 0.5) is 0 Å². The number of aromatic nitrogens is 4. The normalized spacial score (nSPS) is 18.9. The molecular weight excluding hydrogens is 304 g/mol. The highest BCUT2D eigenvalue weighted by Crippen LogP contribution is 2.22. The quantitative estimate of drug-likeness (QED) is 0.836. The molecule has 0 aliphatic carbocycles. The summed E-state index contributed by atoms with van der Waals surface area (Å²) < 4.78 is 7.34. The summed E-state index contributed by atoms with van der Waals surface area (Å²) in [5.41, 5.74) is 1.28. The lowest BCUT2D eigenvalue weighted by Crippen LogP contribution is -2.32. The van der Waals surface area contributed by atoms with Crippen LogP contribution >= 0.6 is 0 Å². The maximum absolute atomic E-state index is 5.48. The van der Waals surface area contributed by atoms with Crippen LogP contribution in [-0.2, 0) is 13.6 Å². The second-order valence-corrected chi connectivity index (χ2v) is 7.01. The molecule has 24 heavy (non-hydrogen) atoms. The molecular formula is C17H28N6O. The minimum Gasteiger partial charge on any atom is -0.338 e. The zero-order valence-corrected chi connectivity index (χ0v) is 15.1. The van der Waals surface area contributed by atoms with E-state index in [1.165, 1.54) is 5.56 Å². The monoisotopic (exact) mass is 332 g/mol. The van der Waals surface area contributed by atoms with E-state index in [-0.39, 0.29) is 6.04 Å². The minimum atomic E-state index is 0.170. The Morgan fingerprint density at radius 3 is 2.67 bits per heavy atom. The highest BCUT2D eigenvalue weighted by molar-refractivity contribution is 5.03. The summed E-state index contributed by atoms with van der Waals surface area (Å²) in [4.78, 5) is 9.50. The van der Waals surface area contributed by atoms with Crippen molar-refractivity contribution in [1.29, 1.82) is 0 Å². The van der Waals surface area contributed by atoms with Gasteiger partial charge < -0.3 is 4.52 Å². The van der Waals surface area contributed by atoms with Gasteiger partial charge in [0.2, 0.25) is 5.89 Å². The van der Waals surface area contributed by atoms with Crippen molar-refractivity contribution < 1.29 is 4.52 Å². The third-order valence-corrected chi connectivity index (χ3v) is 4.67. The first-order valence-corrected chi connectivity index (χ1v) is 8.80. The Hall–Kier alpha value is -1.73. The summed E-state index contributed by atoms with van der Waals surface area (Å²) in [7, 11) is 1.96. The van der Waals surface area contributed by atoms with E-state index in [9.17, 15) is 0 Å². The molecule has 2 aromatic heterocycles. The molecule has 0 bridgehead atoms. The molecule has 1 unspecified atom stereocenters. The number of hydrogen-bond donors (Lipinski definition) is 0. The summed E-state index contributed by atoms with van der Waals surface area (Å²) in [5.74, 6) is 1.83. The van der Waals surface area contributed by atoms with E-state index in [4.69, 9.17) is 4.52 Å². The molecule has 3 rings (SSSR count). The Balaban J connectivity index is 1.57. The second kappa shape index (κ2) is 7.44. The highest BCUT2D eigenvalue weighted by atomic mass is 16.5. The fourth-order valence-electron chi connectivity index (χ4n) is 3.16. The minimum absolute atomic E-state index is 0.170. The van der Waals surface area contributed by atoms with E-state index in [0.717, 1.165) is 50.9 Å². The average Bonchev–Trinajstić information content (AvgIpc) is 3.12. The van der Waals surface area contributed by atoms with Crippen LogP contribution in [0.3, 0.4) is 0 Å². The lowest BCUT2D eigenvalue weighted by atomic mass is 10.2. The molecule has 0 saturated carbocycles. The van der Waals surface area contributed by atoms with Crippen molar-refractivity contribution in [3.05, 3.63) is 29.7 Å². The first-order valence-electron chi connectivity index (χ1n) is 8.80. The Bertz CT molecular complexity index is 649. The molecule has 0 radical (unpaired) electrons. The van der Waals surface area contributed by atoms with E-state index in [1.807, 2.05) is 17.9 Å². The van der Waals surface area contributed by atoms with Crippen molar-refractivity contribution in [3.8, 4) is 0 Å². The first-order chi connectivity index (χ1) is 11.5. The van der Waals surface area contributed by atoms with E-state index in [1.54, 1.807) is 0 Å². The zero-order chi connectivity index (χ0) is 17.1. The maximum Gasteiger partial charge on any atom is 0.243 e. The van der Waals surface area contributed by atoms with Crippen LogP contribution in [0.2, 0.25) is 0 Å². The summed E-state index contributed by atoms with van der Waals surface area (Å²) in [6, 6.07) is 0.170. The standard InChI is InChI=1S/C17H28N6O/c1-13(2)16-19-17(24-20-16)14(3)23-7-5-6-22(8-9-23)12-15-10-18-21(4)11-15/h10-11,13-14H,5-9,12H2,1-4H3. The van der Waals surface area contributed by atoms with Gasteiger partial charge in [-0.05, 0) is 19.9 Å². The maximum atomic E-state index is 5.48. The predicted molar refractivity (Wildman–Crippen MR) is 91.5 cm³/mol. The molecule has 1 fully saturated rings. The molecule has 132 valence electrons. The van der Waals surface area contributed by atoms with Crippen molar-refractivity contribution in [3.63, 3.8) is 0 Å². The number of hydrogen-bond acceptors (Lipinski definition) is 6. The summed E-state index contributed by atoms with van der Waals surface area (Å²) in [5, 5.41) is 8.35. The molecule has 7 heteroatoms. The molecule has 0 aromatic carbocycles. The highest BCUT2D eigenvalue weighted by Gasteiger charge is 2.24. The Morgan fingerprint density at radius 2 is 2.00 bits per heavy atom. The van der Waals surface area contributed by atoms with E-state index in [0.29, 0.717) is 5.92 Å². The number of rotatable bonds is 5. The molecule has 1 atom stereocenters. The Labute approximate surface area is 143 Å². The van der Waals surface area contributed by atoms with Gasteiger partial charge in [0.1, 0.15) is 0 Å². The van der Waals surface area contributed by atoms with Crippen molar-refractivity contribution >= 4 is 0 Å². The molecule has 7 nitrogen and oxygen atoms in total. The van der Waals surface area contributed by atoms with Crippen LogP contribution in [0.5, 0.6) is 0 Å². The average molecular weight is 332 g/mol. The summed E-state index contributed by atoms with van der Waals surface area (Å²) in [6.07, 6.45) is 5.20. The molecule has 1 saturated heterocycles. The first kappa shape index (κ1) is 17.1. The van der Waals surface area contributed by atoms with Crippen molar-refractivity contribution in [1.82, 2.24) is 29.7 Å². The van der Waals surface area contributed by atoms with Crippen molar-refractivity contribution in [2.75, 3.05) is 26.2 Å². The van der Waals surface area contributed by atoms with Gasteiger partial charge in [0.05, 0.1) is 12.2 Å². The van der Waals surface area contributed by atoms with Gasteiger partial charge in [-0.3, -0.25) is 14.5 Å². The SMILES string of the molecule is CC(C)c1noc(C(C)N2CCCN(Cc3cnn(C)c3)CC2)n1. The second-order valence-electron chi connectivity index (χ2n) is 7.01. The fourth-order valence-corrected chi connectivity index (χ4v) is 3.16. The van der Waals surface area contributed by atoms with Gasteiger partial charge in [-0.15, -0.1) is 0 Å². The predicted octanol–water partition coefficient (Wildman–Crippen LogP) is 2.20. The van der Waals surface area contributed by atoms with E-state index >= 15 is 0 Å². The lowest BCUT2D eigenvalue weighted by Gasteiger charge is -2.25.